The van der Waals surface area contributed by atoms with Crippen molar-refractivity contribution in [1.82, 2.24) is 25.4 Å². The number of β-amino-alcohol motifs (C(OH)–C–C–N with tert-alkyl or cyclic N) is 1. The topological polar surface area (TPSA) is 118 Å². The van der Waals surface area contributed by atoms with E-state index in [1.54, 1.807) is 6.20 Å². The molecule has 0 spiro atoms. The van der Waals surface area contributed by atoms with Gasteiger partial charge in [-0.1, -0.05) is 60.7 Å². The van der Waals surface area contributed by atoms with Gasteiger partial charge < -0.3 is 20.8 Å². The number of carbonyl (C=O) groups is 2. The molecule has 0 saturated carbocycles. The molecule has 2 heterocycles. The van der Waals surface area contributed by atoms with Crippen molar-refractivity contribution in [1.29, 1.82) is 0 Å². The normalized spacial score (nSPS) is 21.5. The van der Waals surface area contributed by atoms with Gasteiger partial charge in [-0.05, 0) is 61.9 Å². The van der Waals surface area contributed by atoms with Gasteiger partial charge in [-0.15, -0.1) is 0 Å². The zero-order valence-corrected chi connectivity index (χ0v) is 26.6. The van der Waals surface area contributed by atoms with E-state index in [2.05, 4.69) is 25.4 Å². The van der Waals surface area contributed by atoms with Crippen molar-refractivity contribution >= 4 is 41.4 Å². The van der Waals surface area contributed by atoms with Crippen LogP contribution in [0.3, 0.4) is 0 Å². The minimum absolute atomic E-state index is 0. The molecule has 1 saturated heterocycles. The van der Waals surface area contributed by atoms with E-state index in [1.165, 1.54) is 0 Å². The van der Waals surface area contributed by atoms with Gasteiger partial charge in [0.05, 0.1) is 18.2 Å². The van der Waals surface area contributed by atoms with E-state index in [0.717, 1.165) is 28.8 Å². The molecule has 0 radical (unpaired) electrons. The van der Waals surface area contributed by atoms with Crippen LogP contribution >= 0.6 is 0 Å². The molecule has 2 aliphatic rings. The van der Waals surface area contributed by atoms with Crippen molar-refractivity contribution < 1.29 is 19.8 Å². The maximum absolute atomic E-state index is 13.8. The first-order chi connectivity index (χ1) is 21.6. The average molecular weight is 638 g/mol. The van der Waals surface area contributed by atoms with Gasteiger partial charge in [0.1, 0.15) is 6.04 Å². The maximum atomic E-state index is 13.8. The first kappa shape index (κ1) is 36.2. The molecule has 1 aromatic heterocycles. The van der Waals surface area contributed by atoms with Crippen LogP contribution in [0.1, 0.15) is 55.5 Å². The number of nitrogens with one attached hydrogen (secondary N) is 2. The molecule has 2 aromatic carbocycles. The zero-order valence-electron chi connectivity index (χ0n) is 26.6. The number of aromatic nitrogens is 1. The van der Waals surface area contributed by atoms with Gasteiger partial charge in [-0.3, -0.25) is 24.4 Å². The summed E-state index contributed by atoms with van der Waals surface area (Å²) in [6, 6.07) is 20.6. The summed E-state index contributed by atoms with van der Waals surface area (Å²) < 4.78 is 0. The SMILES string of the molecule is CC(C)(C)NC(=O)[C@@H]1CN(Cc2cccnc2)CCN1CC(O)CC(Cc1ccccc1)C(=O)N[C@H]1c2ccccc2C[C@H]1O.[NaH]. The first-order valence-corrected chi connectivity index (χ1v) is 16.0. The van der Waals surface area contributed by atoms with Crippen LogP contribution in [0.5, 0.6) is 0 Å². The summed E-state index contributed by atoms with van der Waals surface area (Å²) in [5.74, 6) is -0.781. The van der Waals surface area contributed by atoms with Crippen molar-refractivity contribution in [2.45, 2.75) is 76.4 Å². The number of nitrogens with zero attached hydrogens (tertiary/aromatic N) is 3. The van der Waals surface area contributed by atoms with Crippen LogP contribution in [0.15, 0.2) is 79.1 Å². The Kier molecular flexibility index (Phi) is 13.0. The predicted molar refractivity (Wildman–Crippen MR) is 181 cm³/mol. The molecule has 5 atom stereocenters. The number of benzene rings is 2. The molecule has 242 valence electrons. The molecule has 5 rings (SSSR count). The van der Waals surface area contributed by atoms with Crippen LogP contribution < -0.4 is 10.6 Å². The summed E-state index contributed by atoms with van der Waals surface area (Å²) in [6.07, 6.45) is 3.26. The number of fused-ring (bicyclic) bond motifs is 1. The second-order valence-electron chi connectivity index (χ2n) is 13.6. The third-order valence-electron chi connectivity index (χ3n) is 8.70. The van der Waals surface area contributed by atoms with Gasteiger partial charge in [0.25, 0.3) is 0 Å². The quantitative estimate of drug-likeness (QED) is 0.238. The van der Waals surface area contributed by atoms with E-state index in [-0.39, 0.29) is 54.3 Å². The number of rotatable bonds is 11. The number of aliphatic hydroxyl groups is 2. The fourth-order valence-corrected chi connectivity index (χ4v) is 6.56. The molecule has 1 aliphatic heterocycles. The molecule has 1 fully saturated rings. The molecule has 1 aliphatic carbocycles. The van der Waals surface area contributed by atoms with Crippen LogP contribution in [-0.2, 0) is 29.0 Å². The van der Waals surface area contributed by atoms with Crippen LogP contribution in [0.4, 0.5) is 0 Å². The van der Waals surface area contributed by atoms with Crippen LogP contribution in [-0.4, -0.2) is 116 Å². The van der Waals surface area contributed by atoms with Crippen LogP contribution in [0.25, 0.3) is 0 Å². The van der Waals surface area contributed by atoms with E-state index >= 15 is 0 Å². The summed E-state index contributed by atoms with van der Waals surface area (Å²) in [6.45, 7) is 8.74. The number of pyridine rings is 1. The molecule has 2 amide bonds. The third kappa shape index (κ3) is 9.94. The first-order valence-electron chi connectivity index (χ1n) is 16.0. The number of hydrogen-bond acceptors (Lipinski definition) is 7. The Morgan fingerprint density at radius 1 is 1.00 bits per heavy atom. The van der Waals surface area contributed by atoms with Crippen LogP contribution in [0.2, 0.25) is 0 Å². The van der Waals surface area contributed by atoms with E-state index in [4.69, 9.17) is 0 Å². The Hall–Kier alpha value is -2.63. The number of hydrogen-bond donors (Lipinski definition) is 4. The Bertz CT molecular complexity index is 1420. The van der Waals surface area contributed by atoms with Gasteiger partial charge in [0.15, 0.2) is 0 Å². The monoisotopic (exact) mass is 637 g/mol. The van der Waals surface area contributed by atoms with Gasteiger partial charge in [-0.2, -0.15) is 0 Å². The standard InChI is InChI=1S/C36H47N5O4.Na.H/c1-36(2,3)39-35(45)31-24-40(22-26-12-9-15-37-21-26)16-17-41(31)23-29(42)19-28(18-25-10-5-4-6-11-25)34(44)38-33-30-14-8-7-13-27(30)20-32(33)43;;/h4-15,21,28-29,31-33,42-43H,16-20,22-24H2,1-3H3,(H,38,44)(H,39,45);;/t28?,29?,31-,32+,33-;;/m0../s1. The number of carbonyl (C=O) groups excluding carboxylic acids is 2. The van der Waals surface area contributed by atoms with E-state index < -0.39 is 35.7 Å². The summed E-state index contributed by atoms with van der Waals surface area (Å²) in [5.41, 5.74) is 3.68. The van der Waals surface area contributed by atoms with Gasteiger partial charge in [0, 0.05) is 63.0 Å². The van der Waals surface area contributed by atoms with Crippen molar-refractivity contribution in [3.8, 4) is 0 Å². The van der Waals surface area contributed by atoms with Gasteiger partial charge >= 0.3 is 29.6 Å². The Labute approximate surface area is 295 Å². The summed E-state index contributed by atoms with van der Waals surface area (Å²) >= 11 is 0. The second kappa shape index (κ2) is 16.5. The van der Waals surface area contributed by atoms with Gasteiger partial charge in [0.2, 0.25) is 11.8 Å². The fraction of sp³-hybridized carbons (Fsp3) is 0.472. The molecule has 9 nitrogen and oxygen atoms in total. The Morgan fingerprint density at radius 2 is 1.72 bits per heavy atom. The van der Waals surface area contributed by atoms with E-state index in [1.807, 2.05) is 93.7 Å². The molecule has 46 heavy (non-hydrogen) atoms. The van der Waals surface area contributed by atoms with Crippen molar-refractivity contribution in [3.63, 3.8) is 0 Å². The summed E-state index contributed by atoms with van der Waals surface area (Å²) in [4.78, 5) is 35.9. The number of aliphatic hydroxyl groups excluding tert-OH is 2. The molecule has 0 bridgehead atoms. The van der Waals surface area contributed by atoms with Crippen LogP contribution in [0, 0.1) is 5.92 Å². The summed E-state index contributed by atoms with van der Waals surface area (Å²) in [7, 11) is 0. The molecule has 2 unspecified atom stereocenters. The fourth-order valence-electron chi connectivity index (χ4n) is 6.56. The molecule has 10 heteroatoms. The predicted octanol–water partition coefficient (Wildman–Crippen LogP) is 2.22. The average Bonchev–Trinajstić information content (AvgIpc) is 3.32. The summed E-state index contributed by atoms with van der Waals surface area (Å²) in [5, 5.41) is 28.5. The molecular formula is C36H48N5NaO4. The van der Waals surface area contributed by atoms with Gasteiger partial charge in [-0.25, -0.2) is 0 Å². The second-order valence-corrected chi connectivity index (χ2v) is 13.6. The Balaban J connectivity index is 0.00000480. The zero-order chi connectivity index (χ0) is 32.0. The third-order valence-corrected chi connectivity index (χ3v) is 8.70. The van der Waals surface area contributed by atoms with E-state index in [9.17, 15) is 19.8 Å². The molecule has 4 N–H and O–H groups in total. The van der Waals surface area contributed by atoms with E-state index in [0.29, 0.717) is 32.5 Å². The van der Waals surface area contributed by atoms with Crippen molar-refractivity contribution in [2.75, 3.05) is 26.2 Å². The molecule has 3 aromatic rings. The number of amides is 2. The Morgan fingerprint density at radius 3 is 2.43 bits per heavy atom. The van der Waals surface area contributed by atoms with Crippen molar-refractivity contribution in [3.05, 3.63) is 101 Å². The molecular weight excluding hydrogens is 589 g/mol. The number of piperazine rings is 1. The van der Waals surface area contributed by atoms with Crippen molar-refractivity contribution in [2.24, 2.45) is 5.92 Å². The minimum atomic E-state index is -0.833.